The summed E-state index contributed by atoms with van der Waals surface area (Å²) in [5, 5.41) is 8.27. The van der Waals surface area contributed by atoms with Crippen molar-refractivity contribution >= 4 is 22.5 Å². The lowest BCUT2D eigenvalue weighted by Crippen LogP contribution is -2.42. The van der Waals surface area contributed by atoms with Gasteiger partial charge in [0, 0.05) is 54.9 Å². The Bertz CT molecular complexity index is 1300. The number of carbonyl (C=O) groups is 1. The molecule has 0 aliphatic carbocycles. The van der Waals surface area contributed by atoms with E-state index in [1.807, 2.05) is 62.8 Å². The molecule has 8 heteroatoms. The minimum atomic E-state index is -0.186. The molecule has 1 aliphatic heterocycles. The van der Waals surface area contributed by atoms with Crippen molar-refractivity contribution in [1.29, 1.82) is 0 Å². The zero-order valence-electron chi connectivity index (χ0n) is 18.7. The fourth-order valence-corrected chi connectivity index (χ4v) is 4.18. The first kappa shape index (κ1) is 21.2. The van der Waals surface area contributed by atoms with Gasteiger partial charge in [-0.15, -0.1) is 0 Å². The van der Waals surface area contributed by atoms with Crippen LogP contribution in [0.15, 0.2) is 61.1 Å². The highest BCUT2D eigenvalue weighted by molar-refractivity contribution is 5.94. The number of rotatable bonds is 5. The van der Waals surface area contributed by atoms with Crippen LogP contribution in [-0.4, -0.2) is 56.8 Å². The van der Waals surface area contributed by atoms with Gasteiger partial charge in [0.2, 0.25) is 5.91 Å². The Hall–Kier alpha value is -3.62. The Morgan fingerprint density at radius 1 is 1.21 bits per heavy atom. The van der Waals surface area contributed by atoms with E-state index in [2.05, 4.69) is 26.4 Å². The maximum absolute atomic E-state index is 12.7. The summed E-state index contributed by atoms with van der Waals surface area (Å²) in [4.78, 5) is 23.9. The van der Waals surface area contributed by atoms with Gasteiger partial charge in [0.05, 0.1) is 30.6 Å². The third-order valence-corrected chi connectivity index (χ3v) is 5.75. The van der Waals surface area contributed by atoms with Gasteiger partial charge in [-0.1, -0.05) is 6.07 Å². The van der Waals surface area contributed by atoms with E-state index in [4.69, 9.17) is 9.72 Å². The molecule has 1 amide bonds. The van der Waals surface area contributed by atoms with Gasteiger partial charge in [-0.3, -0.25) is 24.3 Å². The predicted molar refractivity (Wildman–Crippen MR) is 127 cm³/mol. The number of ether oxygens (including phenoxy) is 1. The quantitative estimate of drug-likeness (QED) is 0.510. The van der Waals surface area contributed by atoms with Crippen LogP contribution in [0.25, 0.3) is 22.0 Å². The standard InChI is InChI=1S/C25H26N6O2/c1-17-10-19(20-13-27-30(2)14-20)12-23(28-17)24-15-31(8-9-33-24)16-25(32)29-21-5-6-22-18(11-21)4-3-7-26-22/h3-7,10-14,24H,8-9,15-16H2,1-2H3,(H,29,32)/t24-/m1/s1. The van der Waals surface area contributed by atoms with Gasteiger partial charge in [0.1, 0.15) is 6.10 Å². The number of pyridine rings is 2. The van der Waals surface area contributed by atoms with Crippen LogP contribution in [0.5, 0.6) is 0 Å². The zero-order valence-corrected chi connectivity index (χ0v) is 18.7. The molecule has 0 radical (unpaired) electrons. The summed E-state index contributed by atoms with van der Waals surface area (Å²) in [6.07, 6.45) is 5.41. The number of benzene rings is 1. The molecule has 0 unspecified atom stereocenters. The Labute approximate surface area is 192 Å². The van der Waals surface area contributed by atoms with Crippen molar-refractivity contribution in [3.05, 3.63) is 72.4 Å². The number of nitrogens with zero attached hydrogens (tertiary/aromatic N) is 5. The van der Waals surface area contributed by atoms with E-state index >= 15 is 0 Å². The molecule has 1 aliphatic rings. The largest absolute Gasteiger partial charge is 0.369 e. The molecule has 0 saturated carbocycles. The van der Waals surface area contributed by atoms with Crippen LogP contribution in [0, 0.1) is 6.92 Å². The topological polar surface area (TPSA) is 85.2 Å². The monoisotopic (exact) mass is 442 g/mol. The number of anilines is 1. The van der Waals surface area contributed by atoms with E-state index in [0.717, 1.165) is 39.1 Å². The Morgan fingerprint density at radius 2 is 2.12 bits per heavy atom. The van der Waals surface area contributed by atoms with Crippen LogP contribution >= 0.6 is 0 Å². The van der Waals surface area contributed by atoms with Crippen LogP contribution in [0.2, 0.25) is 0 Å². The zero-order chi connectivity index (χ0) is 22.8. The van der Waals surface area contributed by atoms with E-state index in [9.17, 15) is 4.79 Å². The van der Waals surface area contributed by atoms with Gasteiger partial charge in [0.25, 0.3) is 0 Å². The summed E-state index contributed by atoms with van der Waals surface area (Å²) in [6, 6.07) is 13.7. The SMILES string of the molecule is Cc1cc(-c2cnn(C)c2)cc([C@H]2CN(CC(=O)Nc3ccc4ncccc4c3)CCO2)n1. The highest BCUT2D eigenvalue weighted by Crippen LogP contribution is 2.27. The van der Waals surface area contributed by atoms with Crippen LogP contribution in [0.4, 0.5) is 5.69 Å². The number of aromatic nitrogens is 4. The molecule has 0 bridgehead atoms. The molecule has 33 heavy (non-hydrogen) atoms. The second-order valence-electron chi connectivity index (χ2n) is 8.38. The molecule has 4 aromatic rings. The molecule has 4 heterocycles. The van der Waals surface area contributed by atoms with Crippen LogP contribution < -0.4 is 5.32 Å². The number of nitrogens with one attached hydrogen (secondary N) is 1. The summed E-state index contributed by atoms with van der Waals surface area (Å²) >= 11 is 0. The number of hydrogen-bond acceptors (Lipinski definition) is 6. The lowest BCUT2D eigenvalue weighted by molar-refractivity contribution is -0.119. The number of carbonyl (C=O) groups excluding carboxylic acids is 1. The van der Waals surface area contributed by atoms with Crippen molar-refractivity contribution < 1.29 is 9.53 Å². The van der Waals surface area contributed by atoms with Crippen LogP contribution in [-0.2, 0) is 16.6 Å². The molecule has 1 fully saturated rings. The summed E-state index contributed by atoms with van der Waals surface area (Å²) < 4.78 is 7.82. The van der Waals surface area contributed by atoms with Gasteiger partial charge >= 0.3 is 0 Å². The van der Waals surface area contributed by atoms with E-state index < -0.39 is 0 Å². The molecule has 1 aromatic carbocycles. The average Bonchev–Trinajstić information content (AvgIpc) is 3.25. The van der Waals surface area contributed by atoms with Crippen LogP contribution in [0.1, 0.15) is 17.5 Å². The summed E-state index contributed by atoms with van der Waals surface area (Å²) in [6.45, 7) is 4.14. The number of fused-ring (bicyclic) bond motifs is 1. The predicted octanol–water partition coefficient (Wildman–Crippen LogP) is 3.35. The third-order valence-electron chi connectivity index (χ3n) is 5.75. The first-order valence-electron chi connectivity index (χ1n) is 11.0. The highest BCUT2D eigenvalue weighted by Gasteiger charge is 2.25. The Kier molecular flexibility index (Phi) is 5.85. The Morgan fingerprint density at radius 3 is 2.97 bits per heavy atom. The highest BCUT2D eigenvalue weighted by atomic mass is 16.5. The number of morpholine rings is 1. The van der Waals surface area contributed by atoms with Crippen molar-refractivity contribution in [2.24, 2.45) is 7.05 Å². The molecular weight excluding hydrogens is 416 g/mol. The second-order valence-corrected chi connectivity index (χ2v) is 8.38. The number of hydrogen-bond donors (Lipinski definition) is 1. The molecule has 168 valence electrons. The molecule has 8 nitrogen and oxygen atoms in total. The normalized spacial score (nSPS) is 16.7. The fraction of sp³-hybridized carbons (Fsp3) is 0.280. The molecule has 3 aromatic heterocycles. The van der Waals surface area contributed by atoms with Crippen molar-refractivity contribution in [2.75, 3.05) is 31.6 Å². The summed E-state index contributed by atoms with van der Waals surface area (Å²) in [5.41, 5.74) is 5.59. The van der Waals surface area contributed by atoms with Gasteiger partial charge < -0.3 is 10.1 Å². The first-order valence-corrected chi connectivity index (χ1v) is 11.0. The summed E-state index contributed by atoms with van der Waals surface area (Å²) in [7, 11) is 1.90. The molecule has 1 N–H and O–H groups in total. The van der Waals surface area contributed by atoms with Gasteiger partial charge in [-0.25, -0.2) is 0 Å². The lowest BCUT2D eigenvalue weighted by Gasteiger charge is -2.32. The molecule has 0 spiro atoms. The fourth-order valence-electron chi connectivity index (χ4n) is 4.18. The minimum Gasteiger partial charge on any atom is -0.369 e. The van der Waals surface area contributed by atoms with E-state index in [1.165, 1.54) is 0 Å². The smallest absolute Gasteiger partial charge is 0.238 e. The van der Waals surface area contributed by atoms with E-state index in [-0.39, 0.29) is 12.0 Å². The number of amides is 1. The summed E-state index contributed by atoms with van der Waals surface area (Å²) in [5.74, 6) is -0.0489. The number of aryl methyl sites for hydroxylation is 2. The van der Waals surface area contributed by atoms with E-state index in [0.29, 0.717) is 26.2 Å². The van der Waals surface area contributed by atoms with Crippen molar-refractivity contribution in [1.82, 2.24) is 24.6 Å². The minimum absolute atomic E-state index is 0.0489. The maximum Gasteiger partial charge on any atom is 0.238 e. The maximum atomic E-state index is 12.7. The second kappa shape index (κ2) is 9.09. The molecule has 5 rings (SSSR count). The van der Waals surface area contributed by atoms with Crippen LogP contribution in [0.3, 0.4) is 0 Å². The lowest BCUT2D eigenvalue weighted by atomic mass is 10.1. The third kappa shape index (κ3) is 4.92. The van der Waals surface area contributed by atoms with Crippen molar-refractivity contribution in [3.63, 3.8) is 0 Å². The van der Waals surface area contributed by atoms with Crippen molar-refractivity contribution in [3.8, 4) is 11.1 Å². The average molecular weight is 443 g/mol. The van der Waals surface area contributed by atoms with Gasteiger partial charge in [-0.2, -0.15) is 5.10 Å². The van der Waals surface area contributed by atoms with Crippen molar-refractivity contribution in [2.45, 2.75) is 13.0 Å². The van der Waals surface area contributed by atoms with E-state index in [1.54, 1.807) is 10.9 Å². The van der Waals surface area contributed by atoms with Gasteiger partial charge in [0.15, 0.2) is 0 Å². The molecule has 1 atom stereocenters. The van der Waals surface area contributed by atoms with Gasteiger partial charge in [-0.05, 0) is 48.9 Å². The molecule has 1 saturated heterocycles. The molecular formula is C25H26N6O2. The Balaban J connectivity index is 1.26. The first-order chi connectivity index (χ1) is 16.0.